The number of benzene rings is 1. The molecule has 1 aromatic carbocycles. The first-order valence-corrected chi connectivity index (χ1v) is 7.60. The summed E-state index contributed by atoms with van der Waals surface area (Å²) >= 11 is 1.47. The van der Waals surface area contributed by atoms with Crippen LogP contribution in [0.25, 0.3) is 0 Å². The quantitative estimate of drug-likeness (QED) is 0.624. The maximum atomic E-state index is 9.37. The molecule has 0 N–H and O–H groups in total. The minimum atomic E-state index is 0.554. The van der Waals surface area contributed by atoms with Crippen molar-refractivity contribution < 1.29 is 0 Å². The van der Waals surface area contributed by atoms with E-state index in [0.29, 0.717) is 11.4 Å². The number of rotatable bonds is 5. The molecule has 2 rings (SSSR count). The van der Waals surface area contributed by atoms with Crippen LogP contribution in [0.5, 0.6) is 0 Å². The van der Waals surface area contributed by atoms with Crippen molar-refractivity contribution in [3.05, 3.63) is 47.8 Å². The zero-order valence-corrected chi connectivity index (χ0v) is 12.4. The van der Waals surface area contributed by atoms with Crippen molar-refractivity contribution in [1.82, 2.24) is 9.97 Å². The normalized spacial score (nSPS) is 10.1. The van der Waals surface area contributed by atoms with Gasteiger partial charge in [0.25, 0.3) is 0 Å². The fourth-order valence-electron chi connectivity index (χ4n) is 1.99. The summed E-state index contributed by atoms with van der Waals surface area (Å²) in [5.74, 6) is 0.707. The van der Waals surface area contributed by atoms with E-state index in [-0.39, 0.29) is 0 Å². The topological polar surface area (TPSA) is 52.8 Å². The predicted molar refractivity (Wildman–Crippen MR) is 81.7 cm³/mol. The van der Waals surface area contributed by atoms with Gasteiger partial charge in [-0.25, -0.2) is 9.97 Å². The molecule has 1 heterocycles. The molecule has 0 aliphatic carbocycles. The zero-order valence-electron chi connectivity index (χ0n) is 11.6. The van der Waals surface area contributed by atoms with Crippen LogP contribution in [0.15, 0.2) is 41.7 Å². The summed E-state index contributed by atoms with van der Waals surface area (Å²) in [4.78, 5) is 10.6. The molecule has 0 saturated carbocycles. The Hall–Kier alpha value is -2.06. The number of hydrogen-bond donors (Lipinski definition) is 0. The van der Waals surface area contributed by atoms with Crippen molar-refractivity contribution in [3.8, 4) is 6.07 Å². The van der Waals surface area contributed by atoms with E-state index in [1.165, 1.54) is 23.7 Å². The largest absolute Gasteiger partial charge is 0.351 e. The molecule has 0 aliphatic heterocycles. The highest BCUT2D eigenvalue weighted by atomic mass is 32.2. The summed E-state index contributed by atoms with van der Waals surface area (Å²) in [5, 5.41) is 10.1. The molecule has 0 amide bonds. The van der Waals surface area contributed by atoms with Crippen LogP contribution in [0.2, 0.25) is 0 Å². The molecule has 4 nitrogen and oxygen atoms in total. The predicted octanol–water partition coefficient (Wildman–Crippen LogP) is 3.10. The highest BCUT2D eigenvalue weighted by molar-refractivity contribution is 7.98. The molecule has 5 heteroatoms. The van der Waals surface area contributed by atoms with E-state index in [1.807, 2.05) is 24.5 Å². The Morgan fingerprint density at radius 3 is 2.60 bits per heavy atom. The highest BCUT2D eigenvalue weighted by Crippen LogP contribution is 2.25. The molecule has 0 aliphatic rings. The van der Waals surface area contributed by atoms with Crippen molar-refractivity contribution in [1.29, 1.82) is 5.26 Å². The molecule has 102 valence electrons. The van der Waals surface area contributed by atoms with E-state index >= 15 is 0 Å². The van der Waals surface area contributed by atoms with Gasteiger partial charge in [0.1, 0.15) is 23.0 Å². The third-order valence-corrected chi connectivity index (χ3v) is 3.69. The van der Waals surface area contributed by atoms with Crippen LogP contribution >= 0.6 is 11.8 Å². The summed E-state index contributed by atoms with van der Waals surface area (Å²) in [6, 6.07) is 12.4. The first kappa shape index (κ1) is 14.4. The minimum absolute atomic E-state index is 0.554. The van der Waals surface area contributed by atoms with Gasteiger partial charge in [-0.15, -0.1) is 11.8 Å². The summed E-state index contributed by atoms with van der Waals surface area (Å²) in [6.07, 6.45) is 3.44. The Balaban J connectivity index is 2.35. The standard InChI is InChI=1S/C15H16N4S/c1-3-19(10-12-7-5-4-6-8-12)14-13(9-16)15(20-2)18-11-17-14/h4-8,11H,3,10H2,1-2H3. The third-order valence-electron chi connectivity index (χ3n) is 3.00. The smallest absolute Gasteiger partial charge is 0.151 e. The molecule has 0 fully saturated rings. The van der Waals surface area contributed by atoms with Crippen LogP contribution in [0, 0.1) is 11.3 Å². The van der Waals surface area contributed by atoms with E-state index in [0.717, 1.165) is 18.1 Å². The van der Waals surface area contributed by atoms with Crippen molar-refractivity contribution in [2.75, 3.05) is 17.7 Å². The summed E-state index contributed by atoms with van der Waals surface area (Å²) in [7, 11) is 0. The van der Waals surface area contributed by atoms with Crippen molar-refractivity contribution in [3.63, 3.8) is 0 Å². The summed E-state index contributed by atoms with van der Waals surface area (Å²) in [5.41, 5.74) is 1.75. The van der Waals surface area contributed by atoms with Crippen LogP contribution < -0.4 is 4.90 Å². The summed E-state index contributed by atoms with van der Waals surface area (Å²) in [6.45, 7) is 3.58. The lowest BCUT2D eigenvalue weighted by Crippen LogP contribution is -2.24. The second-order valence-electron chi connectivity index (χ2n) is 4.19. The fraction of sp³-hybridized carbons (Fsp3) is 0.267. The molecule has 2 aromatic rings. The molecule has 0 spiro atoms. The maximum Gasteiger partial charge on any atom is 0.151 e. The molecule has 0 radical (unpaired) electrons. The Labute approximate surface area is 123 Å². The lowest BCUT2D eigenvalue weighted by Gasteiger charge is -2.23. The molecule has 20 heavy (non-hydrogen) atoms. The zero-order chi connectivity index (χ0) is 14.4. The van der Waals surface area contributed by atoms with Gasteiger partial charge in [-0.1, -0.05) is 30.3 Å². The average molecular weight is 284 g/mol. The molecular formula is C15H16N4S. The molecular weight excluding hydrogens is 268 g/mol. The van der Waals surface area contributed by atoms with Gasteiger partial charge in [-0.2, -0.15) is 5.26 Å². The highest BCUT2D eigenvalue weighted by Gasteiger charge is 2.16. The van der Waals surface area contributed by atoms with E-state index in [2.05, 4.69) is 40.0 Å². The van der Waals surface area contributed by atoms with Gasteiger partial charge in [0.2, 0.25) is 0 Å². The van der Waals surface area contributed by atoms with Gasteiger partial charge >= 0.3 is 0 Å². The number of thioether (sulfide) groups is 1. The van der Waals surface area contributed by atoms with Gasteiger partial charge in [0, 0.05) is 13.1 Å². The second kappa shape index (κ2) is 6.92. The molecule has 0 bridgehead atoms. The van der Waals surface area contributed by atoms with Gasteiger partial charge in [0.05, 0.1) is 0 Å². The Morgan fingerprint density at radius 1 is 1.25 bits per heavy atom. The van der Waals surface area contributed by atoms with Crippen LogP contribution in [0.1, 0.15) is 18.1 Å². The van der Waals surface area contributed by atoms with Gasteiger partial charge in [0.15, 0.2) is 5.82 Å². The van der Waals surface area contributed by atoms with E-state index in [4.69, 9.17) is 0 Å². The number of anilines is 1. The molecule has 1 aromatic heterocycles. The first-order chi connectivity index (χ1) is 9.80. The lowest BCUT2D eigenvalue weighted by molar-refractivity contribution is 0.800. The van der Waals surface area contributed by atoms with E-state index in [9.17, 15) is 5.26 Å². The van der Waals surface area contributed by atoms with Gasteiger partial charge in [-0.05, 0) is 18.7 Å². The minimum Gasteiger partial charge on any atom is -0.351 e. The van der Waals surface area contributed by atoms with E-state index < -0.39 is 0 Å². The van der Waals surface area contributed by atoms with Crippen molar-refractivity contribution in [2.24, 2.45) is 0 Å². The fourth-order valence-corrected chi connectivity index (χ4v) is 2.49. The molecule has 0 atom stereocenters. The van der Waals surface area contributed by atoms with Crippen molar-refractivity contribution in [2.45, 2.75) is 18.5 Å². The Morgan fingerprint density at radius 2 is 2.00 bits per heavy atom. The average Bonchev–Trinajstić information content (AvgIpc) is 2.52. The number of aromatic nitrogens is 2. The van der Waals surface area contributed by atoms with Crippen LogP contribution in [-0.2, 0) is 6.54 Å². The molecule has 0 unspecified atom stereocenters. The SMILES string of the molecule is CCN(Cc1ccccc1)c1ncnc(SC)c1C#N. The Bertz CT molecular complexity index is 607. The van der Waals surface area contributed by atoms with Gasteiger partial charge < -0.3 is 4.90 Å². The molecule has 0 saturated heterocycles. The Kier molecular flexibility index (Phi) is 4.97. The maximum absolute atomic E-state index is 9.37. The number of nitrogens with zero attached hydrogens (tertiary/aromatic N) is 4. The monoisotopic (exact) mass is 284 g/mol. The van der Waals surface area contributed by atoms with Gasteiger partial charge in [-0.3, -0.25) is 0 Å². The third kappa shape index (κ3) is 3.09. The van der Waals surface area contributed by atoms with E-state index in [1.54, 1.807) is 0 Å². The van der Waals surface area contributed by atoms with Crippen LogP contribution in [-0.4, -0.2) is 22.8 Å². The van der Waals surface area contributed by atoms with Crippen LogP contribution in [0.4, 0.5) is 5.82 Å². The summed E-state index contributed by atoms with van der Waals surface area (Å²) < 4.78 is 0. The van der Waals surface area contributed by atoms with Crippen molar-refractivity contribution >= 4 is 17.6 Å². The van der Waals surface area contributed by atoms with Crippen LogP contribution in [0.3, 0.4) is 0 Å². The number of nitriles is 1. The first-order valence-electron chi connectivity index (χ1n) is 6.38. The lowest BCUT2D eigenvalue weighted by atomic mass is 10.2. The number of hydrogen-bond acceptors (Lipinski definition) is 5. The second-order valence-corrected chi connectivity index (χ2v) is 4.99.